The molecule has 174 valence electrons. The van der Waals surface area contributed by atoms with Crippen molar-refractivity contribution in [1.29, 1.82) is 0 Å². The normalized spacial score (nSPS) is 33.4. The summed E-state index contributed by atoms with van der Waals surface area (Å²) < 4.78 is 4.70. The number of amides is 1. The van der Waals surface area contributed by atoms with E-state index in [4.69, 9.17) is 15.5 Å². The molecule has 0 spiro atoms. The minimum absolute atomic E-state index is 0.0664. The zero-order valence-electron chi connectivity index (χ0n) is 19.4. The monoisotopic (exact) mass is 441 g/mol. The van der Waals surface area contributed by atoms with Gasteiger partial charge in [-0.1, -0.05) is 0 Å². The Morgan fingerprint density at radius 3 is 2.41 bits per heavy atom. The lowest BCUT2D eigenvalue weighted by molar-refractivity contribution is -0.125. The van der Waals surface area contributed by atoms with E-state index in [-0.39, 0.29) is 12.5 Å². The van der Waals surface area contributed by atoms with Crippen LogP contribution in [0.15, 0.2) is 6.07 Å². The van der Waals surface area contributed by atoms with Gasteiger partial charge < -0.3 is 15.4 Å². The number of nitrogen functional groups attached to an aromatic ring is 1. The minimum atomic E-state index is -0.601. The predicted molar refractivity (Wildman–Crippen MR) is 121 cm³/mol. The fraction of sp³-hybridized carbons (Fsp3) is 0.750. The Balaban J connectivity index is 1.37. The highest BCUT2D eigenvalue weighted by molar-refractivity contribution is 5.76. The molecule has 1 amide bonds. The third-order valence-electron chi connectivity index (χ3n) is 8.24. The average molecular weight is 442 g/mol. The molecule has 6 rings (SSSR count). The number of rotatable bonds is 4. The molecule has 8 nitrogen and oxygen atoms in total. The first-order valence-corrected chi connectivity index (χ1v) is 12.1. The molecule has 1 saturated heterocycles. The van der Waals surface area contributed by atoms with Crippen LogP contribution in [0, 0.1) is 23.7 Å². The number of anilines is 2. The zero-order valence-corrected chi connectivity index (χ0v) is 19.4. The molecule has 1 aromatic heterocycles. The summed E-state index contributed by atoms with van der Waals surface area (Å²) in [6, 6.07) is 2.08. The summed E-state index contributed by atoms with van der Waals surface area (Å²) in [6.45, 7) is 7.46. The summed E-state index contributed by atoms with van der Waals surface area (Å²) in [5, 5.41) is 0. The molecule has 4 bridgehead atoms. The van der Waals surface area contributed by atoms with Gasteiger partial charge in [0.25, 0.3) is 0 Å². The molecular weight excluding hydrogens is 406 g/mol. The second-order valence-corrected chi connectivity index (χ2v) is 11.4. The van der Waals surface area contributed by atoms with Crippen molar-refractivity contribution in [3.8, 4) is 0 Å². The van der Waals surface area contributed by atoms with Gasteiger partial charge in [0, 0.05) is 30.6 Å². The van der Waals surface area contributed by atoms with Crippen LogP contribution in [0.25, 0.3) is 0 Å². The number of nitrogens with two attached hydrogens (primary N) is 1. The summed E-state index contributed by atoms with van der Waals surface area (Å²) in [5.74, 6) is 4.98. The van der Waals surface area contributed by atoms with Crippen LogP contribution in [0.1, 0.15) is 70.9 Å². The van der Waals surface area contributed by atoms with Gasteiger partial charge in [-0.25, -0.2) is 9.78 Å². The number of carbonyl (C=O) groups is 2. The molecule has 1 atom stereocenters. The Bertz CT molecular complexity index is 870. The maximum Gasteiger partial charge on any atom is 0.418 e. The van der Waals surface area contributed by atoms with Gasteiger partial charge in [-0.05, 0) is 83.0 Å². The largest absolute Gasteiger partial charge is 0.418 e. The Kier molecular flexibility index (Phi) is 5.29. The Morgan fingerprint density at radius 2 is 1.81 bits per heavy atom. The molecule has 8 heteroatoms. The van der Waals surface area contributed by atoms with Gasteiger partial charge in [0.15, 0.2) is 0 Å². The van der Waals surface area contributed by atoms with Gasteiger partial charge in [0.05, 0.1) is 11.7 Å². The van der Waals surface area contributed by atoms with E-state index < -0.39 is 11.6 Å². The van der Waals surface area contributed by atoms with Gasteiger partial charge in [-0.3, -0.25) is 9.69 Å². The van der Waals surface area contributed by atoms with Crippen LogP contribution in [0.2, 0.25) is 0 Å². The highest BCUT2D eigenvalue weighted by Crippen LogP contribution is 2.59. The number of hydrogen-bond acceptors (Lipinski definition) is 7. The topological polar surface area (TPSA) is 102 Å². The van der Waals surface area contributed by atoms with Crippen LogP contribution < -0.4 is 10.6 Å². The van der Waals surface area contributed by atoms with E-state index in [1.54, 1.807) is 4.90 Å². The standard InChI is InChI=1S/C24H35N5O3/c1-24(2,3)29(23(31)32-13-30)18-4-5-28(12-18)20-11-19(26-22(25)27-20)21-16-7-14-6-15(9-16)10-17(21)8-14/h11,13-18,21H,4-10,12H2,1-3H3,(H2,25,26,27). The predicted octanol–water partition coefficient (Wildman–Crippen LogP) is 3.57. The summed E-state index contributed by atoms with van der Waals surface area (Å²) >= 11 is 0. The molecule has 5 aliphatic rings. The lowest BCUT2D eigenvalue weighted by Crippen LogP contribution is -2.52. The molecule has 0 aromatic carbocycles. The summed E-state index contributed by atoms with van der Waals surface area (Å²) in [7, 11) is 0. The van der Waals surface area contributed by atoms with Crippen LogP contribution in [0.3, 0.4) is 0 Å². The van der Waals surface area contributed by atoms with Crippen LogP contribution in [0.4, 0.5) is 16.6 Å². The van der Waals surface area contributed by atoms with Crippen LogP contribution in [-0.2, 0) is 9.53 Å². The summed E-state index contributed by atoms with van der Waals surface area (Å²) in [4.78, 5) is 36.4. The van der Waals surface area contributed by atoms with E-state index in [9.17, 15) is 9.59 Å². The third-order valence-corrected chi connectivity index (χ3v) is 8.24. The van der Waals surface area contributed by atoms with Crippen LogP contribution >= 0.6 is 0 Å². The van der Waals surface area contributed by atoms with Crippen molar-refractivity contribution in [1.82, 2.24) is 14.9 Å². The molecule has 4 aliphatic carbocycles. The Hall–Kier alpha value is -2.38. The Labute approximate surface area is 189 Å². The van der Waals surface area contributed by atoms with Crippen molar-refractivity contribution in [3.05, 3.63) is 11.8 Å². The van der Waals surface area contributed by atoms with Crippen molar-refractivity contribution < 1.29 is 14.3 Å². The fourth-order valence-electron chi connectivity index (χ4n) is 7.44. The molecule has 0 radical (unpaired) electrons. The van der Waals surface area contributed by atoms with Crippen LogP contribution in [0.5, 0.6) is 0 Å². The van der Waals surface area contributed by atoms with Crippen molar-refractivity contribution in [2.75, 3.05) is 23.7 Å². The SMILES string of the molecule is CC(C)(C)N(C(=O)OC=O)C1CCN(c2cc(C3C4CC5CC(C4)CC3C5)nc(N)n2)C1. The van der Waals surface area contributed by atoms with E-state index in [2.05, 4.69) is 16.0 Å². The number of aromatic nitrogens is 2. The maximum absolute atomic E-state index is 12.5. The zero-order chi connectivity index (χ0) is 22.6. The van der Waals surface area contributed by atoms with Crippen molar-refractivity contribution in [2.24, 2.45) is 23.7 Å². The van der Waals surface area contributed by atoms with E-state index in [0.717, 1.165) is 48.1 Å². The average Bonchev–Trinajstić information content (AvgIpc) is 3.15. The van der Waals surface area contributed by atoms with Crippen LogP contribution in [-0.4, -0.2) is 52.1 Å². The first-order chi connectivity index (χ1) is 15.2. The molecule has 2 heterocycles. The van der Waals surface area contributed by atoms with Gasteiger partial charge in [0.2, 0.25) is 5.95 Å². The van der Waals surface area contributed by atoms with E-state index in [1.165, 1.54) is 32.1 Å². The first-order valence-electron chi connectivity index (χ1n) is 12.1. The van der Waals surface area contributed by atoms with E-state index in [1.807, 2.05) is 20.8 Å². The quantitative estimate of drug-likeness (QED) is 0.563. The number of carbonyl (C=O) groups excluding carboxylic acids is 2. The molecule has 32 heavy (non-hydrogen) atoms. The molecule has 5 fully saturated rings. The lowest BCUT2D eigenvalue weighted by Gasteiger charge is -2.54. The smallest absolute Gasteiger partial charge is 0.379 e. The van der Waals surface area contributed by atoms with Gasteiger partial charge in [-0.2, -0.15) is 4.98 Å². The molecular formula is C24H35N5O3. The van der Waals surface area contributed by atoms with E-state index >= 15 is 0 Å². The van der Waals surface area contributed by atoms with Gasteiger partial charge >= 0.3 is 12.6 Å². The van der Waals surface area contributed by atoms with Gasteiger partial charge in [0.1, 0.15) is 5.82 Å². The maximum atomic E-state index is 12.5. The Morgan fingerprint density at radius 1 is 1.16 bits per heavy atom. The fourth-order valence-corrected chi connectivity index (χ4v) is 7.44. The minimum Gasteiger partial charge on any atom is -0.379 e. The highest BCUT2D eigenvalue weighted by Gasteiger charge is 2.49. The van der Waals surface area contributed by atoms with Gasteiger partial charge in [-0.15, -0.1) is 0 Å². The second-order valence-electron chi connectivity index (χ2n) is 11.4. The molecule has 2 N–H and O–H groups in total. The lowest BCUT2D eigenvalue weighted by atomic mass is 9.51. The van der Waals surface area contributed by atoms with Crippen molar-refractivity contribution in [3.63, 3.8) is 0 Å². The number of nitrogens with zero attached hydrogens (tertiary/aromatic N) is 4. The molecule has 1 aromatic rings. The molecule has 1 unspecified atom stereocenters. The van der Waals surface area contributed by atoms with E-state index in [0.29, 0.717) is 18.4 Å². The first kappa shape index (κ1) is 21.5. The summed E-state index contributed by atoms with van der Waals surface area (Å²) in [6.07, 6.45) is 6.95. The number of hydrogen-bond donors (Lipinski definition) is 1. The molecule has 4 saturated carbocycles. The summed E-state index contributed by atoms with van der Waals surface area (Å²) in [5.41, 5.74) is 6.85. The second kappa shape index (κ2) is 7.89. The molecule has 1 aliphatic heterocycles. The third kappa shape index (κ3) is 3.82. The number of ether oxygens (including phenoxy) is 1. The van der Waals surface area contributed by atoms with Crippen molar-refractivity contribution >= 4 is 24.3 Å². The van der Waals surface area contributed by atoms with Crippen molar-refractivity contribution in [2.45, 2.75) is 76.8 Å². The highest BCUT2D eigenvalue weighted by atomic mass is 16.6.